The second-order valence-electron chi connectivity index (χ2n) is 5.52. The molecule has 0 unspecified atom stereocenters. The van der Waals surface area contributed by atoms with Gasteiger partial charge >= 0.3 is 17.8 Å². The summed E-state index contributed by atoms with van der Waals surface area (Å²) in [4.78, 5) is 38.1. The highest BCUT2D eigenvalue weighted by Crippen LogP contribution is 2.20. The van der Waals surface area contributed by atoms with Crippen molar-refractivity contribution in [3.8, 4) is 0 Å². The van der Waals surface area contributed by atoms with Crippen molar-refractivity contribution >= 4 is 39.3 Å². The third kappa shape index (κ3) is 4.14. The predicted octanol–water partition coefficient (Wildman–Crippen LogP) is 3.04. The summed E-state index contributed by atoms with van der Waals surface area (Å²) in [5, 5.41) is 10.7. The van der Waals surface area contributed by atoms with Gasteiger partial charge in [0.25, 0.3) is 0 Å². The van der Waals surface area contributed by atoms with Crippen molar-refractivity contribution in [2.75, 3.05) is 6.61 Å². The van der Waals surface area contributed by atoms with Crippen LogP contribution in [0.4, 0.5) is 10.3 Å². The summed E-state index contributed by atoms with van der Waals surface area (Å²) in [5.74, 6) is -2.58. The smallest absolute Gasteiger partial charge is 0.433 e. The number of nitro groups is 1. The van der Waals surface area contributed by atoms with Crippen LogP contribution in [-0.2, 0) is 16.1 Å². The Labute approximate surface area is 160 Å². The molecule has 0 saturated heterocycles. The normalized spacial score (nSPS) is 11.7. The quantitative estimate of drug-likeness (QED) is 0.352. The zero-order chi connectivity index (χ0) is 20.3. The molecule has 0 aliphatic rings. The van der Waals surface area contributed by atoms with Gasteiger partial charge in [-0.05, 0) is 31.2 Å². The van der Waals surface area contributed by atoms with Gasteiger partial charge in [0, 0.05) is 6.54 Å². The van der Waals surface area contributed by atoms with Crippen LogP contribution in [0, 0.1) is 15.9 Å². The Morgan fingerprint density at radius 3 is 2.82 bits per heavy atom. The molecule has 0 aliphatic heterocycles. The van der Waals surface area contributed by atoms with E-state index in [2.05, 4.69) is 4.99 Å². The molecule has 0 saturated carbocycles. The minimum absolute atomic E-state index is 0.0324. The van der Waals surface area contributed by atoms with E-state index in [4.69, 9.17) is 9.15 Å². The zero-order valence-electron chi connectivity index (χ0n) is 14.6. The summed E-state index contributed by atoms with van der Waals surface area (Å²) in [6.07, 6.45) is 0.0324. The van der Waals surface area contributed by atoms with E-state index in [0.717, 1.165) is 23.5 Å². The van der Waals surface area contributed by atoms with Crippen molar-refractivity contribution in [2.24, 2.45) is 4.99 Å². The summed E-state index contributed by atoms with van der Waals surface area (Å²) in [6, 6.07) is 6.28. The standard InChI is InChI=1S/C17H14FN3O6S/c1-2-26-15(22)7-8-20-11-4-3-10(18)9-13(11)28-17(20)19-16(23)12-5-6-14(27-12)21(24)25/h3-6,9H,2,7-8H2,1H3. The maximum absolute atomic E-state index is 13.5. The Hall–Kier alpha value is -3.34. The van der Waals surface area contributed by atoms with E-state index < -0.39 is 28.5 Å². The van der Waals surface area contributed by atoms with Gasteiger partial charge in [0.2, 0.25) is 5.76 Å². The highest BCUT2D eigenvalue weighted by Gasteiger charge is 2.18. The first kappa shape index (κ1) is 19.4. The first-order valence-corrected chi connectivity index (χ1v) is 8.98. The average molecular weight is 407 g/mol. The fourth-order valence-electron chi connectivity index (χ4n) is 2.47. The van der Waals surface area contributed by atoms with Gasteiger partial charge in [-0.3, -0.25) is 19.7 Å². The molecule has 2 heterocycles. The van der Waals surface area contributed by atoms with Gasteiger partial charge in [-0.25, -0.2) is 4.39 Å². The molecule has 0 radical (unpaired) electrons. The van der Waals surface area contributed by atoms with Crippen molar-refractivity contribution in [3.05, 3.63) is 56.8 Å². The topological polar surface area (TPSA) is 117 Å². The van der Waals surface area contributed by atoms with E-state index >= 15 is 0 Å². The number of hydrogen-bond acceptors (Lipinski definition) is 7. The number of fused-ring (bicyclic) bond motifs is 1. The Bertz CT molecular complexity index is 1130. The number of thiazole rings is 1. The molecule has 1 aromatic carbocycles. The fourth-order valence-corrected chi connectivity index (χ4v) is 3.55. The molecule has 0 bridgehead atoms. The number of furan rings is 1. The van der Waals surface area contributed by atoms with Gasteiger partial charge in [0.05, 0.1) is 29.3 Å². The maximum Gasteiger partial charge on any atom is 0.433 e. The molecule has 2 aromatic heterocycles. The second-order valence-corrected chi connectivity index (χ2v) is 6.52. The summed E-state index contributed by atoms with van der Waals surface area (Å²) in [5.41, 5.74) is 0.590. The minimum Gasteiger partial charge on any atom is -0.466 e. The summed E-state index contributed by atoms with van der Waals surface area (Å²) >= 11 is 1.05. The number of hydrogen-bond donors (Lipinski definition) is 0. The van der Waals surface area contributed by atoms with Crippen LogP contribution in [0.5, 0.6) is 0 Å². The SMILES string of the molecule is CCOC(=O)CCn1c(=NC(=O)c2ccc([N+](=O)[O-])o2)sc2cc(F)ccc21. The second kappa shape index (κ2) is 8.13. The number of benzene rings is 1. The number of carbonyl (C=O) groups excluding carboxylic acids is 2. The van der Waals surface area contributed by atoms with E-state index in [0.29, 0.717) is 10.2 Å². The molecule has 28 heavy (non-hydrogen) atoms. The van der Waals surface area contributed by atoms with Crippen LogP contribution >= 0.6 is 11.3 Å². The number of nitrogens with zero attached hydrogens (tertiary/aromatic N) is 3. The molecule has 0 atom stereocenters. The highest BCUT2D eigenvalue weighted by atomic mass is 32.1. The van der Waals surface area contributed by atoms with Crippen LogP contribution < -0.4 is 4.80 Å². The summed E-state index contributed by atoms with van der Waals surface area (Å²) in [7, 11) is 0. The number of rotatable bonds is 6. The molecule has 0 N–H and O–H groups in total. The molecule has 1 amide bonds. The van der Waals surface area contributed by atoms with Crippen LogP contribution in [0.25, 0.3) is 10.2 Å². The molecular formula is C17H14FN3O6S. The third-order valence-corrected chi connectivity index (χ3v) is 4.71. The van der Waals surface area contributed by atoms with Crippen LogP contribution in [0.2, 0.25) is 0 Å². The van der Waals surface area contributed by atoms with Crippen molar-refractivity contribution in [1.82, 2.24) is 4.57 Å². The number of carbonyl (C=O) groups is 2. The van der Waals surface area contributed by atoms with Gasteiger partial charge in [-0.1, -0.05) is 11.3 Å². The number of ether oxygens (including phenoxy) is 1. The molecule has 146 valence electrons. The predicted molar refractivity (Wildman–Crippen MR) is 96.3 cm³/mol. The average Bonchev–Trinajstić information content (AvgIpc) is 3.25. The molecule has 3 aromatic rings. The van der Waals surface area contributed by atoms with Gasteiger partial charge in [-0.2, -0.15) is 4.99 Å². The minimum atomic E-state index is -0.829. The lowest BCUT2D eigenvalue weighted by molar-refractivity contribution is -0.402. The lowest BCUT2D eigenvalue weighted by Crippen LogP contribution is -2.19. The molecule has 11 heteroatoms. The van der Waals surface area contributed by atoms with Crippen LogP contribution in [-0.4, -0.2) is 28.0 Å². The van der Waals surface area contributed by atoms with E-state index in [9.17, 15) is 24.1 Å². The summed E-state index contributed by atoms with van der Waals surface area (Å²) in [6.45, 7) is 2.09. The Morgan fingerprint density at radius 1 is 1.36 bits per heavy atom. The van der Waals surface area contributed by atoms with Gasteiger partial charge < -0.3 is 13.7 Å². The number of halogens is 1. The largest absolute Gasteiger partial charge is 0.466 e. The molecule has 0 fully saturated rings. The first-order chi connectivity index (χ1) is 13.4. The van der Waals surface area contributed by atoms with E-state index in [1.54, 1.807) is 11.5 Å². The number of amides is 1. The first-order valence-electron chi connectivity index (χ1n) is 8.17. The Balaban J connectivity index is 2.01. The molecule has 9 nitrogen and oxygen atoms in total. The molecule has 0 spiro atoms. The lowest BCUT2D eigenvalue weighted by atomic mass is 10.3. The van der Waals surface area contributed by atoms with Gasteiger partial charge in [0.15, 0.2) is 4.80 Å². The Kier molecular flexibility index (Phi) is 5.64. The number of aryl methyl sites for hydroxylation is 1. The van der Waals surface area contributed by atoms with Crippen LogP contribution in [0.3, 0.4) is 0 Å². The highest BCUT2D eigenvalue weighted by molar-refractivity contribution is 7.16. The summed E-state index contributed by atoms with van der Waals surface area (Å²) < 4.78 is 25.4. The van der Waals surface area contributed by atoms with E-state index in [1.807, 2.05) is 0 Å². The van der Waals surface area contributed by atoms with E-state index in [-0.39, 0.29) is 30.1 Å². The molecule has 3 rings (SSSR count). The number of esters is 1. The third-order valence-electron chi connectivity index (χ3n) is 3.67. The van der Waals surface area contributed by atoms with E-state index in [1.165, 1.54) is 18.2 Å². The molecule has 0 aliphatic carbocycles. The number of aromatic nitrogens is 1. The van der Waals surface area contributed by atoms with Crippen molar-refractivity contribution in [3.63, 3.8) is 0 Å². The maximum atomic E-state index is 13.5. The van der Waals surface area contributed by atoms with Gasteiger partial charge in [0.1, 0.15) is 10.7 Å². The van der Waals surface area contributed by atoms with Crippen molar-refractivity contribution in [1.29, 1.82) is 0 Å². The van der Waals surface area contributed by atoms with Crippen molar-refractivity contribution < 1.29 is 28.1 Å². The fraction of sp³-hybridized carbons (Fsp3) is 0.235. The lowest BCUT2D eigenvalue weighted by Gasteiger charge is -2.05. The van der Waals surface area contributed by atoms with Crippen molar-refractivity contribution in [2.45, 2.75) is 19.9 Å². The zero-order valence-corrected chi connectivity index (χ0v) is 15.4. The monoisotopic (exact) mass is 407 g/mol. The molecular weight excluding hydrogens is 393 g/mol. The van der Waals surface area contributed by atoms with Crippen LogP contribution in [0.1, 0.15) is 23.9 Å². The Morgan fingerprint density at radius 2 is 2.14 bits per heavy atom. The van der Waals surface area contributed by atoms with Crippen LogP contribution in [0.15, 0.2) is 39.7 Å². The van der Waals surface area contributed by atoms with Gasteiger partial charge in [-0.15, -0.1) is 0 Å².